The fourth-order valence-electron chi connectivity index (χ4n) is 2.15. The minimum absolute atomic E-state index is 0.00256. The highest BCUT2D eigenvalue weighted by Gasteiger charge is 2.24. The van der Waals surface area contributed by atoms with Gasteiger partial charge in [-0.2, -0.15) is 0 Å². The van der Waals surface area contributed by atoms with Crippen molar-refractivity contribution in [3.63, 3.8) is 0 Å². The number of benzene rings is 1. The van der Waals surface area contributed by atoms with E-state index in [1.807, 2.05) is 0 Å². The van der Waals surface area contributed by atoms with Crippen LogP contribution in [0.1, 0.15) is 18.4 Å². The van der Waals surface area contributed by atoms with Gasteiger partial charge in [0.1, 0.15) is 0 Å². The third-order valence-corrected chi connectivity index (χ3v) is 3.14. The Labute approximate surface area is 105 Å². The van der Waals surface area contributed by atoms with Crippen LogP contribution in [0, 0.1) is 11.6 Å². The molecule has 1 atom stereocenters. The van der Waals surface area contributed by atoms with Crippen molar-refractivity contribution in [3.05, 3.63) is 35.4 Å². The van der Waals surface area contributed by atoms with Crippen LogP contribution < -0.4 is 5.32 Å². The number of carbonyl (C=O) groups is 1. The predicted octanol–water partition coefficient (Wildman–Crippen LogP) is 1.68. The van der Waals surface area contributed by atoms with E-state index in [4.69, 9.17) is 0 Å². The standard InChI is InChI=1S/C13H16F2N2O/c1-17(13(18)12-3-2-6-16-12)8-9-4-5-10(14)11(15)7-9/h4-5,7,12,16H,2-3,6,8H2,1H3/t12-/m1/s1. The minimum Gasteiger partial charge on any atom is -0.340 e. The monoisotopic (exact) mass is 254 g/mol. The highest BCUT2D eigenvalue weighted by Crippen LogP contribution is 2.13. The number of hydrogen-bond acceptors (Lipinski definition) is 2. The third-order valence-electron chi connectivity index (χ3n) is 3.14. The zero-order chi connectivity index (χ0) is 13.1. The fraction of sp³-hybridized carbons (Fsp3) is 0.462. The Morgan fingerprint density at radius 3 is 2.83 bits per heavy atom. The summed E-state index contributed by atoms with van der Waals surface area (Å²) in [4.78, 5) is 13.5. The maximum absolute atomic E-state index is 13.0. The summed E-state index contributed by atoms with van der Waals surface area (Å²) in [5.41, 5.74) is 0.586. The van der Waals surface area contributed by atoms with Crippen molar-refractivity contribution in [1.82, 2.24) is 10.2 Å². The van der Waals surface area contributed by atoms with E-state index in [9.17, 15) is 13.6 Å². The second-order valence-electron chi connectivity index (χ2n) is 4.59. The lowest BCUT2D eigenvalue weighted by atomic mass is 10.1. The summed E-state index contributed by atoms with van der Waals surface area (Å²) in [6.45, 7) is 1.14. The van der Waals surface area contributed by atoms with Crippen LogP contribution in [0.15, 0.2) is 18.2 Å². The maximum atomic E-state index is 13.0. The predicted molar refractivity (Wildman–Crippen MR) is 63.9 cm³/mol. The van der Waals surface area contributed by atoms with Gasteiger partial charge in [0.05, 0.1) is 6.04 Å². The normalized spacial score (nSPS) is 18.9. The number of likely N-dealkylation sites (N-methyl/N-ethyl adjacent to an activating group) is 1. The Hall–Kier alpha value is -1.49. The summed E-state index contributed by atoms with van der Waals surface area (Å²) in [5.74, 6) is -1.75. The lowest BCUT2D eigenvalue weighted by Gasteiger charge is -2.21. The van der Waals surface area contributed by atoms with Crippen molar-refractivity contribution in [3.8, 4) is 0 Å². The van der Waals surface area contributed by atoms with Crippen LogP contribution in [0.25, 0.3) is 0 Å². The van der Waals surface area contributed by atoms with Gasteiger partial charge in [-0.1, -0.05) is 6.07 Å². The van der Waals surface area contributed by atoms with Gasteiger partial charge in [-0.05, 0) is 37.1 Å². The second-order valence-corrected chi connectivity index (χ2v) is 4.59. The van der Waals surface area contributed by atoms with Gasteiger partial charge < -0.3 is 10.2 Å². The molecule has 1 heterocycles. The molecule has 1 aromatic carbocycles. The zero-order valence-corrected chi connectivity index (χ0v) is 10.2. The van der Waals surface area contributed by atoms with Crippen LogP contribution in [0.4, 0.5) is 8.78 Å². The van der Waals surface area contributed by atoms with Gasteiger partial charge in [-0.25, -0.2) is 8.78 Å². The van der Waals surface area contributed by atoms with E-state index < -0.39 is 11.6 Å². The lowest BCUT2D eigenvalue weighted by Crippen LogP contribution is -2.41. The van der Waals surface area contributed by atoms with Crippen LogP contribution in [-0.2, 0) is 11.3 Å². The Morgan fingerprint density at radius 1 is 1.44 bits per heavy atom. The molecule has 1 amide bonds. The van der Waals surface area contributed by atoms with Gasteiger partial charge in [-0.15, -0.1) is 0 Å². The molecule has 1 N–H and O–H groups in total. The Kier molecular flexibility index (Phi) is 3.91. The number of halogens is 2. The first kappa shape index (κ1) is 13.0. The van der Waals surface area contributed by atoms with E-state index >= 15 is 0 Å². The quantitative estimate of drug-likeness (QED) is 0.890. The molecule has 1 aromatic rings. The molecule has 18 heavy (non-hydrogen) atoms. The van der Waals surface area contributed by atoms with Crippen molar-refractivity contribution in [2.75, 3.05) is 13.6 Å². The number of amides is 1. The van der Waals surface area contributed by atoms with Gasteiger partial charge in [-0.3, -0.25) is 4.79 Å². The summed E-state index contributed by atoms with van der Waals surface area (Å²) >= 11 is 0. The maximum Gasteiger partial charge on any atom is 0.239 e. The van der Waals surface area contributed by atoms with Crippen molar-refractivity contribution in [2.45, 2.75) is 25.4 Å². The highest BCUT2D eigenvalue weighted by molar-refractivity contribution is 5.81. The van der Waals surface area contributed by atoms with Gasteiger partial charge in [0.25, 0.3) is 0 Å². The first-order chi connectivity index (χ1) is 8.58. The SMILES string of the molecule is CN(Cc1ccc(F)c(F)c1)C(=O)[C@H]1CCCN1. The van der Waals surface area contributed by atoms with E-state index in [2.05, 4.69) is 5.32 Å². The molecule has 5 heteroatoms. The van der Waals surface area contributed by atoms with Crippen molar-refractivity contribution in [1.29, 1.82) is 0 Å². The molecule has 0 radical (unpaired) electrons. The smallest absolute Gasteiger partial charge is 0.239 e. The molecule has 0 bridgehead atoms. The molecular weight excluding hydrogens is 238 g/mol. The first-order valence-corrected chi connectivity index (χ1v) is 6.00. The molecular formula is C13H16F2N2O. The molecule has 98 valence electrons. The molecule has 2 rings (SSSR count). The molecule has 0 unspecified atom stereocenters. The number of nitrogens with one attached hydrogen (secondary N) is 1. The molecule has 1 saturated heterocycles. The Bertz CT molecular complexity index is 445. The number of rotatable bonds is 3. The van der Waals surface area contributed by atoms with Crippen LogP contribution in [0.5, 0.6) is 0 Å². The number of nitrogens with zero attached hydrogens (tertiary/aromatic N) is 1. The summed E-state index contributed by atoms with van der Waals surface area (Å²) in [5, 5.41) is 3.12. The van der Waals surface area contributed by atoms with Crippen LogP contribution in [0.2, 0.25) is 0 Å². The summed E-state index contributed by atoms with van der Waals surface area (Å²) in [6.07, 6.45) is 1.83. The molecule has 1 aliphatic rings. The molecule has 0 saturated carbocycles. The highest BCUT2D eigenvalue weighted by atomic mass is 19.2. The third kappa shape index (κ3) is 2.85. The van der Waals surface area contributed by atoms with Crippen molar-refractivity contribution in [2.24, 2.45) is 0 Å². The van der Waals surface area contributed by atoms with Gasteiger partial charge in [0.2, 0.25) is 5.91 Å². The van der Waals surface area contributed by atoms with Gasteiger partial charge >= 0.3 is 0 Å². The average molecular weight is 254 g/mol. The van der Waals surface area contributed by atoms with E-state index in [0.717, 1.165) is 31.5 Å². The zero-order valence-electron chi connectivity index (χ0n) is 10.2. The molecule has 0 aliphatic carbocycles. The molecule has 3 nitrogen and oxygen atoms in total. The summed E-state index contributed by atoms with van der Waals surface area (Å²) < 4.78 is 25.8. The molecule has 1 aliphatic heterocycles. The molecule has 0 aromatic heterocycles. The van der Waals surface area contributed by atoms with Gasteiger partial charge in [0, 0.05) is 13.6 Å². The van der Waals surface area contributed by atoms with Crippen LogP contribution in [0.3, 0.4) is 0 Å². The van der Waals surface area contributed by atoms with E-state index in [1.165, 1.54) is 11.0 Å². The molecule has 0 spiro atoms. The summed E-state index contributed by atoms with van der Waals surface area (Å²) in [7, 11) is 1.67. The van der Waals surface area contributed by atoms with Crippen LogP contribution >= 0.6 is 0 Å². The van der Waals surface area contributed by atoms with Crippen molar-refractivity contribution < 1.29 is 13.6 Å². The largest absolute Gasteiger partial charge is 0.340 e. The summed E-state index contributed by atoms with van der Waals surface area (Å²) in [6, 6.07) is 3.56. The van der Waals surface area contributed by atoms with Crippen molar-refractivity contribution >= 4 is 5.91 Å². The topological polar surface area (TPSA) is 32.3 Å². The molecule has 1 fully saturated rings. The van der Waals surface area contributed by atoms with E-state index in [-0.39, 0.29) is 18.5 Å². The number of carbonyl (C=O) groups excluding carboxylic acids is 1. The second kappa shape index (κ2) is 5.44. The van der Waals surface area contributed by atoms with E-state index in [0.29, 0.717) is 5.56 Å². The minimum atomic E-state index is -0.882. The number of hydrogen-bond donors (Lipinski definition) is 1. The van der Waals surface area contributed by atoms with Crippen LogP contribution in [-0.4, -0.2) is 30.4 Å². The lowest BCUT2D eigenvalue weighted by molar-refractivity contribution is -0.132. The fourth-order valence-corrected chi connectivity index (χ4v) is 2.15. The Morgan fingerprint density at radius 2 is 2.22 bits per heavy atom. The average Bonchev–Trinajstić information content (AvgIpc) is 2.86. The Balaban J connectivity index is 1.99. The van der Waals surface area contributed by atoms with Gasteiger partial charge in [0.15, 0.2) is 11.6 Å². The van der Waals surface area contributed by atoms with E-state index in [1.54, 1.807) is 7.05 Å². The first-order valence-electron chi connectivity index (χ1n) is 6.00.